The Bertz CT molecular complexity index is 669. The molecule has 9 nitrogen and oxygen atoms in total. The van der Waals surface area contributed by atoms with Crippen molar-refractivity contribution in [1.82, 2.24) is 20.8 Å². The molecule has 0 saturated heterocycles. The fourth-order valence-electron chi connectivity index (χ4n) is 3.19. The first-order chi connectivity index (χ1) is 13.4. The lowest BCUT2D eigenvalue weighted by Gasteiger charge is -2.35. The lowest BCUT2D eigenvalue weighted by atomic mass is 9.82. The zero-order valence-electron chi connectivity index (χ0n) is 18.3. The van der Waals surface area contributed by atoms with Gasteiger partial charge in [-0.2, -0.15) is 4.98 Å². The first kappa shape index (κ1) is 23.2. The summed E-state index contributed by atoms with van der Waals surface area (Å²) in [5.41, 5.74) is -0.608. The fourth-order valence-corrected chi connectivity index (χ4v) is 3.91. The van der Waals surface area contributed by atoms with Crippen LogP contribution in [0.2, 0.25) is 25.7 Å². The van der Waals surface area contributed by atoms with Crippen molar-refractivity contribution in [3.63, 3.8) is 0 Å². The summed E-state index contributed by atoms with van der Waals surface area (Å²) in [6, 6.07) is 0.310. The molecule has 0 bridgehead atoms. The van der Waals surface area contributed by atoms with Crippen molar-refractivity contribution in [2.24, 2.45) is 0 Å². The Morgan fingerprint density at radius 3 is 2.45 bits per heavy atom. The van der Waals surface area contributed by atoms with Crippen LogP contribution in [-0.2, 0) is 9.47 Å². The highest BCUT2D eigenvalue weighted by molar-refractivity contribution is 6.76. The van der Waals surface area contributed by atoms with Crippen LogP contribution in [0.3, 0.4) is 0 Å². The SMILES string of the molecule is CC(C)(C)OC(=O)N[C@H]1C[C@@H](c2ncno2)CC[C@@H]1NC(=O)OCC[Si](C)(C)C. The molecule has 10 heteroatoms. The second-order valence-electron chi connectivity index (χ2n) is 9.74. The molecule has 1 aliphatic carbocycles. The number of nitrogens with zero attached hydrogens (tertiary/aromatic N) is 2. The Morgan fingerprint density at radius 1 is 1.17 bits per heavy atom. The van der Waals surface area contributed by atoms with E-state index in [4.69, 9.17) is 14.0 Å². The molecule has 0 unspecified atom stereocenters. The molecule has 1 aliphatic rings. The van der Waals surface area contributed by atoms with Crippen LogP contribution in [0.25, 0.3) is 0 Å². The molecule has 1 saturated carbocycles. The maximum atomic E-state index is 12.3. The summed E-state index contributed by atoms with van der Waals surface area (Å²) in [7, 11) is -1.28. The molecule has 2 rings (SSSR count). The minimum Gasteiger partial charge on any atom is -0.450 e. The minimum atomic E-state index is -1.28. The van der Waals surface area contributed by atoms with Crippen LogP contribution in [0.1, 0.15) is 51.8 Å². The van der Waals surface area contributed by atoms with Crippen LogP contribution >= 0.6 is 0 Å². The molecule has 29 heavy (non-hydrogen) atoms. The van der Waals surface area contributed by atoms with Crippen LogP contribution in [0, 0.1) is 0 Å². The molecule has 1 aromatic rings. The van der Waals surface area contributed by atoms with E-state index in [1.54, 1.807) is 20.8 Å². The molecular formula is C19H34N4O5Si. The first-order valence-electron chi connectivity index (χ1n) is 10.1. The number of ether oxygens (including phenoxy) is 2. The van der Waals surface area contributed by atoms with Crippen molar-refractivity contribution in [2.75, 3.05) is 6.61 Å². The summed E-state index contributed by atoms with van der Waals surface area (Å²) in [6.07, 6.45) is 2.35. The minimum absolute atomic E-state index is 0.0124. The monoisotopic (exact) mass is 426 g/mol. The number of rotatable bonds is 6. The van der Waals surface area contributed by atoms with Crippen LogP contribution in [-0.4, -0.2) is 54.7 Å². The summed E-state index contributed by atoms with van der Waals surface area (Å²) in [4.78, 5) is 28.7. The van der Waals surface area contributed by atoms with E-state index < -0.39 is 25.9 Å². The van der Waals surface area contributed by atoms with E-state index in [1.807, 2.05) is 0 Å². The molecule has 1 heterocycles. The lowest BCUT2D eigenvalue weighted by molar-refractivity contribution is 0.0468. The van der Waals surface area contributed by atoms with Gasteiger partial charge in [0.2, 0.25) is 5.89 Å². The van der Waals surface area contributed by atoms with E-state index >= 15 is 0 Å². The number of hydrogen-bond donors (Lipinski definition) is 2. The maximum Gasteiger partial charge on any atom is 0.407 e. The molecule has 164 valence electrons. The Morgan fingerprint density at radius 2 is 1.86 bits per heavy atom. The van der Waals surface area contributed by atoms with Crippen molar-refractivity contribution in [3.05, 3.63) is 12.2 Å². The summed E-state index contributed by atoms with van der Waals surface area (Å²) in [6.45, 7) is 12.5. The van der Waals surface area contributed by atoms with Gasteiger partial charge in [-0.1, -0.05) is 24.8 Å². The number of hydrogen-bond acceptors (Lipinski definition) is 7. The van der Waals surface area contributed by atoms with Crippen molar-refractivity contribution in [2.45, 2.75) is 89.3 Å². The van der Waals surface area contributed by atoms with Gasteiger partial charge in [-0.05, 0) is 46.1 Å². The lowest BCUT2D eigenvalue weighted by Crippen LogP contribution is -2.55. The largest absolute Gasteiger partial charge is 0.450 e. The number of alkyl carbamates (subject to hydrolysis) is 2. The normalized spacial score (nSPS) is 22.6. The van der Waals surface area contributed by atoms with Gasteiger partial charge < -0.3 is 24.6 Å². The Hall–Kier alpha value is -2.10. The smallest absolute Gasteiger partial charge is 0.407 e. The fraction of sp³-hybridized carbons (Fsp3) is 0.789. The van der Waals surface area contributed by atoms with E-state index in [1.165, 1.54) is 6.33 Å². The highest BCUT2D eigenvalue weighted by Crippen LogP contribution is 2.32. The van der Waals surface area contributed by atoms with Crippen molar-refractivity contribution >= 4 is 20.3 Å². The molecular weight excluding hydrogens is 392 g/mol. The number of nitrogens with one attached hydrogen (secondary N) is 2. The third-order valence-corrected chi connectivity index (χ3v) is 6.37. The number of carbonyl (C=O) groups is 2. The number of amides is 2. The van der Waals surface area contributed by atoms with Crippen LogP contribution < -0.4 is 10.6 Å². The number of carbonyl (C=O) groups excluding carboxylic acids is 2. The van der Waals surface area contributed by atoms with Gasteiger partial charge >= 0.3 is 12.2 Å². The zero-order valence-corrected chi connectivity index (χ0v) is 19.3. The van der Waals surface area contributed by atoms with Gasteiger partial charge in [0, 0.05) is 14.0 Å². The molecule has 0 spiro atoms. The number of aromatic nitrogens is 2. The van der Waals surface area contributed by atoms with Gasteiger partial charge in [0.25, 0.3) is 0 Å². The predicted molar refractivity (Wildman–Crippen MR) is 110 cm³/mol. The summed E-state index contributed by atoms with van der Waals surface area (Å²) >= 11 is 0. The highest BCUT2D eigenvalue weighted by atomic mass is 28.3. The topological polar surface area (TPSA) is 116 Å². The van der Waals surface area contributed by atoms with Crippen molar-refractivity contribution in [1.29, 1.82) is 0 Å². The van der Waals surface area contributed by atoms with Crippen LogP contribution in [0.5, 0.6) is 0 Å². The maximum absolute atomic E-state index is 12.3. The van der Waals surface area contributed by atoms with Gasteiger partial charge in [-0.15, -0.1) is 0 Å². The Balaban J connectivity index is 1.98. The molecule has 0 aromatic carbocycles. The van der Waals surface area contributed by atoms with E-state index in [2.05, 4.69) is 40.4 Å². The van der Waals surface area contributed by atoms with Gasteiger partial charge in [-0.3, -0.25) is 0 Å². The Kier molecular flexibility index (Phi) is 7.67. The molecule has 1 fully saturated rings. The first-order valence-corrected chi connectivity index (χ1v) is 13.8. The second kappa shape index (κ2) is 9.60. The Labute approximate surface area is 173 Å². The van der Waals surface area contributed by atoms with E-state index in [0.717, 1.165) is 12.5 Å². The second-order valence-corrected chi connectivity index (χ2v) is 15.4. The molecule has 2 amide bonds. The highest BCUT2D eigenvalue weighted by Gasteiger charge is 2.36. The molecule has 0 radical (unpaired) electrons. The van der Waals surface area contributed by atoms with Gasteiger partial charge in [0.05, 0.1) is 18.7 Å². The third kappa shape index (κ3) is 8.42. The van der Waals surface area contributed by atoms with Gasteiger partial charge in [0.1, 0.15) is 5.60 Å². The standard InChI is InChI=1S/C19H34N4O5Si/c1-19(2,3)27-18(25)23-15-11-13(16-20-12-21-28-16)7-8-14(15)22-17(24)26-9-10-29(4,5)6/h12-15H,7-11H2,1-6H3,(H,22,24)(H,23,25)/t13-,14-,15-/m0/s1. The zero-order chi connectivity index (χ0) is 21.7. The van der Waals surface area contributed by atoms with Crippen LogP contribution in [0.15, 0.2) is 10.9 Å². The van der Waals surface area contributed by atoms with E-state index in [0.29, 0.717) is 25.3 Å². The molecule has 3 atom stereocenters. The summed E-state index contributed by atoms with van der Waals surface area (Å²) in [5.74, 6) is 0.551. The summed E-state index contributed by atoms with van der Waals surface area (Å²) in [5, 5.41) is 9.46. The van der Waals surface area contributed by atoms with Crippen molar-refractivity contribution < 1.29 is 23.6 Å². The average Bonchev–Trinajstić information content (AvgIpc) is 3.08. The quantitative estimate of drug-likeness (QED) is 0.667. The molecule has 1 aromatic heterocycles. The summed E-state index contributed by atoms with van der Waals surface area (Å²) < 4.78 is 15.9. The predicted octanol–water partition coefficient (Wildman–Crippen LogP) is 3.66. The third-order valence-electron chi connectivity index (χ3n) is 4.67. The van der Waals surface area contributed by atoms with Crippen LogP contribution in [0.4, 0.5) is 9.59 Å². The van der Waals surface area contributed by atoms with Gasteiger partial charge in [-0.25, -0.2) is 9.59 Å². The van der Waals surface area contributed by atoms with E-state index in [9.17, 15) is 9.59 Å². The average molecular weight is 427 g/mol. The molecule has 0 aliphatic heterocycles. The molecule has 2 N–H and O–H groups in total. The van der Waals surface area contributed by atoms with E-state index in [-0.39, 0.29) is 18.0 Å². The van der Waals surface area contributed by atoms with Crippen molar-refractivity contribution in [3.8, 4) is 0 Å². The van der Waals surface area contributed by atoms with Gasteiger partial charge in [0.15, 0.2) is 6.33 Å².